The fourth-order valence-corrected chi connectivity index (χ4v) is 3.34. The third-order valence-electron chi connectivity index (χ3n) is 3.80. The first-order valence-electron chi connectivity index (χ1n) is 7.49. The number of hydrogen-bond acceptors (Lipinski definition) is 6. The van der Waals surface area contributed by atoms with Gasteiger partial charge in [0.25, 0.3) is 5.69 Å². The molecule has 1 aromatic heterocycles. The van der Waals surface area contributed by atoms with E-state index in [1.807, 2.05) is 0 Å². The summed E-state index contributed by atoms with van der Waals surface area (Å²) in [5.74, 6) is 0. The van der Waals surface area contributed by atoms with Crippen molar-refractivity contribution in [1.82, 2.24) is 9.97 Å². The number of halogens is 1. The molecule has 0 aliphatic rings. The van der Waals surface area contributed by atoms with Crippen molar-refractivity contribution >= 4 is 52.3 Å². The maximum Gasteiger partial charge on any atom is 0.358 e. The van der Waals surface area contributed by atoms with Crippen LogP contribution in [0.25, 0.3) is 11.0 Å². The van der Waals surface area contributed by atoms with Gasteiger partial charge in [-0.2, -0.15) is 0 Å². The van der Waals surface area contributed by atoms with E-state index in [2.05, 4.69) is 15.3 Å². The number of aromatic nitrogens is 2. The zero-order valence-electron chi connectivity index (χ0n) is 13.9. The molecule has 1 heterocycles. The highest BCUT2D eigenvalue weighted by Crippen LogP contribution is 2.36. The molecule has 13 heteroatoms. The van der Waals surface area contributed by atoms with Gasteiger partial charge in [-0.25, -0.2) is 0 Å². The highest BCUT2D eigenvalue weighted by Gasteiger charge is 2.21. The number of nitro benzene ring substituents is 1. The SMILES string of the molecule is Br.O=c1[nH]c2cc([N+](=O)[O-])cc(CNc3ccccc3P(=O)(O)O)c2[nH]c1=O. The number of aromatic amines is 2. The van der Waals surface area contributed by atoms with Crippen molar-refractivity contribution in [1.29, 1.82) is 0 Å². The quantitative estimate of drug-likeness (QED) is 0.158. The molecular formula is C15H14BrN4O7P. The summed E-state index contributed by atoms with van der Waals surface area (Å²) in [6.45, 7) is -0.100. The number of benzene rings is 2. The van der Waals surface area contributed by atoms with Crippen LogP contribution < -0.4 is 21.7 Å². The fraction of sp³-hybridized carbons (Fsp3) is 0.0667. The van der Waals surface area contributed by atoms with Crippen LogP contribution in [0.15, 0.2) is 46.0 Å². The summed E-state index contributed by atoms with van der Waals surface area (Å²) in [6.07, 6.45) is 0. The number of hydrogen-bond donors (Lipinski definition) is 5. The predicted molar refractivity (Wildman–Crippen MR) is 108 cm³/mol. The Balaban J connectivity index is 0.00000280. The monoisotopic (exact) mass is 472 g/mol. The number of anilines is 1. The first kappa shape index (κ1) is 21.5. The Labute approximate surface area is 166 Å². The van der Waals surface area contributed by atoms with Gasteiger partial charge in [0.15, 0.2) is 0 Å². The summed E-state index contributed by atoms with van der Waals surface area (Å²) >= 11 is 0. The second-order valence-electron chi connectivity index (χ2n) is 5.61. The molecule has 0 saturated carbocycles. The molecule has 0 atom stereocenters. The van der Waals surface area contributed by atoms with E-state index in [0.717, 1.165) is 6.07 Å². The summed E-state index contributed by atoms with van der Waals surface area (Å²) in [5.41, 5.74) is -1.56. The van der Waals surface area contributed by atoms with Gasteiger partial charge in [-0.1, -0.05) is 12.1 Å². The Bertz CT molecular complexity index is 1220. The molecule has 0 fully saturated rings. The number of nitrogens with zero attached hydrogens (tertiary/aromatic N) is 1. The van der Waals surface area contributed by atoms with Gasteiger partial charge in [0.1, 0.15) is 0 Å². The zero-order valence-corrected chi connectivity index (χ0v) is 16.5. The van der Waals surface area contributed by atoms with Crippen LogP contribution in [-0.2, 0) is 11.1 Å². The topological polar surface area (TPSA) is 178 Å². The molecular weight excluding hydrogens is 459 g/mol. The largest absolute Gasteiger partial charge is 0.380 e. The molecule has 28 heavy (non-hydrogen) atoms. The van der Waals surface area contributed by atoms with Crippen molar-refractivity contribution in [2.45, 2.75) is 6.54 Å². The normalized spacial score (nSPS) is 11.1. The van der Waals surface area contributed by atoms with E-state index >= 15 is 0 Å². The Kier molecular flexibility index (Phi) is 6.20. The minimum atomic E-state index is -4.54. The van der Waals surface area contributed by atoms with E-state index in [-0.39, 0.29) is 56.8 Å². The lowest BCUT2D eigenvalue weighted by Gasteiger charge is -2.13. The van der Waals surface area contributed by atoms with E-state index in [0.29, 0.717) is 0 Å². The molecule has 0 spiro atoms. The van der Waals surface area contributed by atoms with Crippen molar-refractivity contribution < 1.29 is 19.3 Å². The van der Waals surface area contributed by atoms with Gasteiger partial charge in [0, 0.05) is 29.9 Å². The number of H-pyrrole nitrogens is 2. The van der Waals surface area contributed by atoms with E-state index in [1.165, 1.54) is 24.3 Å². The van der Waals surface area contributed by atoms with E-state index in [1.54, 1.807) is 6.07 Å². The lowest BCUT2D eigenvalue weighted by atomic mass is 10.1. The molecule has 0 amide bonds. The highest BCUT2D eigenvalue weighted by molar-refractivity contribution is 8.93. The standard InChI is InChI=1S/C15H13N4O7P.BrH/c20-14-15(21)18-13-8(5-9(19(22)23)6-11(13)17-14)7-16-10-3-1-2-4-12(10)27(24,25)26;/h1-6,16H,7H2,(H,17,20)(H,18,21)(H2,24,25,26);1H. The molecule has 0 aliphatic heterocycles. The van der Waals surface area contributed by atoms with Gasteiger partial charge in [-0.05, 0) is 12.1 Å². The van der Waals surface area contributed by atoms with Crippen LogP contribution in [0.3, 0.4) is 0 Å². The van der Waals surface area contributed by atoms with Crippen molar-refractivity contribution in [3.05, 3.63) is 72.8 Å². The van der Waals surface area contributed by atoms with Gasteiger partial charge in [-0.3, -0.25) is 24.3 Å². The lowest BCUT2D eigenvalue weighted by molar-refractivity contribution is -0.384. The summed E-state index contributed by atoms with van der Waals surface area (Å²) in [6, 6.07) is 8.03. The maximum absolute atomic E-state index is 11.6. The van der Waals surface area contributed by atoms with Crippen molar-refractivity contribution in [3.63, 3.8) is 0 Å². The Morgan fingerprint density at radius 2 is 1.75 bits per heavy atom. The number of para-hydroxylation sites is 1. The van der Waals surface area contributed by atoms with Crippen LogP contribution in [0.4, 0.5) is 11.4 Å². The molecule has 0 saturated heterocycles. The van der Waals surface area contributed by atoms with Crippen LogP contribution in [0.5, 0.6) is 0 Å². The predicted octanol–water partition coefficient (Wildman–Crippen LogP) is 1.12. The van der Waals surface area contributed by atoms with E-state index in [4.69, 9.17) is 0 Å². The van der Waals surface area contributed by atoms with Gasteiger partial charge >= 0.3 is 18.7 Å². The third-order valence-corrected chi connectivity index (χ3v) is 4.81. The van der Waals surface area contributed by atoms with Crippen molar-refractivity contribution in [2.24, 2.45) is 0 Å². The summed E-state index contributed by atoms with van der Waals surface area (Å²) in [5, 5.41) is 13.7. The molecule has 0 unspecified atom stereocenters. The first-order chi connectivity index (χ1) is 12.7. The van der Waals surface area contributed by atoms with Crippen LogP contribution >= 0.6 is 24.6 Å². The highest BCUT2D eigenvalue weighted by atomic mass is 79.9. The van der Waals surface area contributed by atoms with Crippen molar-refractivity contribution in [3.8, 4) is 0 Å². The molecule has 5 N–H and O–H groups in total. The van der Waals surface area contributed by atoms with Gasteiger partial charge in [0.2, 0.25) is 0 Å². The summed E-state index contributed by atoms with van der Waals surface area (Å²) in [4.78, 5) is 57.0. The lowest BCUT2D eigenvalue weighted by Crippen LogP contribution is -2.29. The second-order valence-corrected chi connectivity index (χ2v) is 7.18. The number of nitro groups is 1. The van der Waals surface area contributed by atoms with Gasteiger partial charge < -0.3 is 25.1 Å². The fourth-order valence-electron chi connectivity index (χ4n) is 2.59. The third kappa shape index (κ3) is 4.37. The van der Waals surface area contributed by atoms with Gasteiger partial charge in [-0.15, -0.1) is 17.0 Å². The average Bonchev–Trinajstić information content (AvgIpc) is 2.60. The maximum atomic E-state index is 11.6. The molecule has 0 radical (unpaired) electrons. The van der Waals surface area contributed by atoms with Crippen LogP contribution in [0.2, 0.25) is 0 Å². The molecule has 0 aliphatic carbocycles. The van der Waals surface area contributed by atoms with Crippen LogP contribution in [0, 0.1) is 10.1 Å². The molecule has 3 aromatic rings. The Hall–Kier alpha value is -2.79. The Morgan fingerprint density at radius 3 is 2.39 bits per heavy atom. The minimum Gasteiger partial charge on any atom is -0.380 e. The van der Waals surface area contributed by atoms with Crippen LogP contribution in [0.1, 0.15) is 5.56 Å². The number of fused-ring (bicyclic) bond motifs is 1. The number of non-ortho nitro benzene ring substituents is 1. The second kappa shape index (κ2) is 8.07. The van der Waals surface area contributed by atoms with E-state index < -0.39 is 23.6 Å². The Morgan fingerprint density at radius 1 is 1.11 bits per heavy atom. The summed E-state index contributed by atoms with van der Waals surface area (Å²) in [7, 11) is -4.54. The molecule has 148 valence electrons. The molecule has 2 aromatic carbocycles. The zero-order chi connectivity index (χ0) is 19.8. The minimum absolute atomic E-state index is 0. The van der Waals surface area contributed by atoms with Crippen molar-refractivity contribution in [2.75, 3.05) is 5.32 Å². The smallest absolute Gasteiger partial charge is 0.358 e. The number of rotatable bonds is 5. The van der Waals surface area contributed by atoms with E-state index in [9.17, 15) is 34.1 Å². The van der Waals surface area contributed by atoms with Crippen LogP contribution in [-0.4, -0.2) is 24.7 Å². The van der Waals surface area contributed by atoms with Gasteiger partial charge in [0.05, 0.1) is 21.3 Å². The first-order valence-corrected chi connectivity index (χ1v) is 9.10. The number of nitrogens with one attached hydrogen (secondary N) is 3. The molecule has 3 rings (SSSR count). The average molecular weight is 473 g/mol. The summed E-state index contributed by atoms with van der Waals surface area (Å²) < 4.78 is 11.6. The molecule has 0 bridgehead atoms. The molecule has 11 nitrogen and oxygen atoms in total.